The number of likely N-dealkylation sites (N-methyl/N-ethyl adjacent to an activating group) is 1. The van der Waals surface area contributed by atoms with E-state index in [2.05, 4.69) is 4.98 Å². The van der Waals surface area contributed by atoms with Gasteiger partial charge < -0.3 is 0 Å². The van der Waals surface area contributed by atoms with Crippen molar-refractivity contribution in [1.29, 1.82) is 0 Å². The summed E-state index contributed by atoms with van der Waals surface area (Å²) in [6.45, 7) is 1.21. The van der Waals surface area contributed by atoms with E-state index in [0.29, 0.717) is 6.54 Å². The lowest BCUT2D eigenvalue weighted by Gasteiger charge is -2.11. The summed E-state index contributed by atoms with van der Waals surface area (Å²) in [7, 11) is 1.90. The van der Waals surface area contributed by atoms with E-state index in [1.54, 1.807) is 6.20 Å². The first-order valence-corrected chi connectivity index (χ1v) is 4.26. The Morgan fingerprint density at radius 3 is 3.00 bits per heavy atom. The molecule has 69 valence electrons. The largest absolute Gasteiger partial charge is 0.298 e. The molecule has 0 saturated carbocycles. The lowest BCUT2D eigenvalue weighted by atomic mass is 10.2. The van der Waals surface area contributed by atoms with Gasteiger partial charge in [0.15, 0.2) is 0 Å². The van der Waals surface area contributed by atoms with Crippen molar-refractivity contribution in [3.63, 3.8) is 0 Å². The van der Waals surface area contributed by atoms with Crippen molar-refractivity contribution in [2.24, 2.45) is 0 Å². The molecule has 1 rings (SSSR count). The van der Waals surface area contributed by atoms with E-state index in [-0.39, 0.29) is 0 Å². The predicted octanol–water partition coefficient (Wildman–Crippen LogP) is 0.666. The smallest absolute Gasteiger partial charge is 0.213 e. The quantitative estimate of drug-likeness (QED) is 0.662. The Balaban J connectivity index is 2.30. The van der Waals surface area contributed by atoms with Crippen LogP contribution in [0, 0.1) is 0 Å². The van der Waals surface area contributed by atoms with Crippen molar-refractivity contribution in [2.45, 2.75) is 6.42 Å². The molecular weight excluding hydrogens is 164 g/mol. The molecule has 0 aliphatic rings. The van der Waals surface area contributed by atoms with E-state index in [1.807, 2.05) is 36.4 Å². The highest BCUT2D eigenvalue weighted by Crippen LogP contribution is 1.95. The zero-order valence-electron chi connectivity index (χ0n) is 7.73. The van der Waals surface area contributed by atoms with Gasteiger partial charge in [-0.2, -0.15) is 0 Å². The maximum Gasteiger partial charge on any atom is 0.213 e. The average molecular weight is 177 g/mol. The molecule has 0 spiro atoms. The topological polar surface area (TPSA) is 33.2 Å². The number of aromatic nitrogens is 1. The van der Waals surface area contributed by atoms with E-state index in [9.17, 15) is 4.79 Å². The minimum absolute atomic E-state index is 0.368. The summed E-state index contributed by atoms with van der Waals surface area (Å²) in [5.41, 5.74) is 1.06. The molecule has 1 aromatic heterocycles. The molecule has 0 unspecified atom stereocenters. The minimum atomic E-state index is 0.368. The lowest BCUT2D eigenvalue weighted by Crippen LogP contribution is -2.23. The summed E-state index contributed by atoms with van der Waals surface area (Å²) >= 11 is 0. The number of hydrogen-bond donors (Lipinski definition) is 0. The summed E-state index contributed by atoms with van der Waals surface area (Å²) in [5, 5.41) is 0. The molecule has 1 aromatic rings. The number of nitrogens with zero attached hydrogens (tertiary/aromatic N) is 2. The van der Waals surface area contributed by atoms with Crippen LogP contribution in [0.15, 0.2) is 24.4 Å². The molecule has 1 heterocycles. The van der Waals surface area contributed by atoms with Crippen molar-refractivity contribution >= 4 is 6.29 Å². The number of rotatable bonds is 5. The van der Waals surface area contributed by atoms with Crippen LogP contribution in [0.5, 0.6) is 0 Å². The maximum absolute atomic E-state index is 10.0. The fourth-order valence-electron chi connectivity index (χ4n) is 1.04. The highest BCUT2D eigenvalue weighted by molar-refractivity contribution is 5.52. The Morgan fingerprint density at radius 2 is 2.38 bits per heavy atom. The monoisotopic (exact) mass is 177 g/mol. The van der Waals surface area contributed by atoms with Gasteiger partial charge in [-0.25, -0.2) is 0 Å². The van der Waals surface area contributed by atoms with Crippen molar-refractivity contribution in [2.75, 3.05) is 20.1 Å². The van der Waals surface area contributed by atoms with Crippen LogP contribution in [0.3, 0.4) is 0 Å². The first-order chi connectivity index (χ1) is 6.33. The van der Waals surface area contributed by atoms with Crippen LogP contribution in [-0.2, 0) is 11.2 Å². The third kappa shape index (κ3) is 3.80. The first kappa shape index (κ1) is 9.86. The molecule has 0 atom stereocenters. The average Bonchev–Trinajstić information content (AvgIpc) is 2.17. The Morgan fingerprint density at radius 1 is 1.54 bits per heavy atom. The van der Waals surface area contributed by atoms with Gasteiger partial charge in [-0.1, -0.05) is 6.07 Å². The Bertz CT molecular complexity index is 248. The summed E-state index contributed by atoms with van der Waals surface area (Å²) < 4.78 is 0. The number of carbonyl (C=O) groups excluding carboxylic acids is 1. The van der Waals surface area contributed by atoms with Crippen LogP contribution >= 0.6 is 0 Å². The lowest BCUT2D eigenvalue weighted by molar-refractivity contribution is 0.374. The van der Waals surface area contributed by atoms with Crippen LogP contribution in [-0.4, -0.2) is 36.3 Å². The van der Waals surface area contributed by atoms with Crippen LogP contribution < -0.4 is 0 Å². The van der Waals surface area contributed by atoms with Gasteiger partial charge in [0.1, 0.15) is 0 Å². The Labute approximate surface area is 78.4 Å². The molecule has 0 N–H and O–H groups in total. The van der Waals surface area contributed by atoms with Crippen molar-refractivity contribution in [1.82, 2.24) is 9.88 Å². The Kier molecular flexibility index (Phi) is 4.12. The van der Waals surface area contributed by atoms with Gasteiger partial charge in [-0.3, -0.25) is 14.7 Å². The van der Waals surface area contributed by atoms with Crippen molar-refractivity contribution in [3.05, 3.63) is 30.1 Å². The standard InChI is InChI=1S/C10H13N2O/c1-12(8-9-13)7-5-10-4-2-3-6-11-10/h2-4,6H,5,7-8H2,1H3. The summed E-state index contributed by atoms with van der Waals surface area (Å²) in [5.74, 6) is 0. The second-order valence-corrected chi connectivity index (χ2v) is 2.95. The SMILES string of the molecule is CN(C[C]=O)CCc1ccccn1. The predicted molar refractivity (Wildman–Crippen MR) is 51.1 cm³/mol. The van der Waals surface area contributed by atoms with Gasteiger partial charge >= 0.3 is 0 Å². The fourth-order valence-corrected chi connectivity index (χ4v) is 1.04. The van der Waals surface area contributed by atoms with E-state index in [0.717, 1.165) is 18.7 Å². The maximum atomic E-state index is 10.0. The molecule has 0 aliphatic heterocycles. The molecule has 13 heavy (non-hydrogen) atoms. The summed E-state index contributed by atoms with van der Waals surface area (Å²) in [4.78, 5) is 16.1. The molecule has 1 radical (unpaired) electrons. The second-order valence-electron chi connectivity index (χ2n) is 2.95. The minimum Gasteiger partial charge on any atom is -0.298 e. The van der Waals surface area contributed by atoms with E-state index in [1.165, 1.54) is 0 Å². The fraction of sp³-hybridized carbons (Fsp3) is 0.400. The van der Waals surface area contributed by atoms with Crippen LogP contribution in [0.4, 0.5) is 0 Å². The first-order valence-electron chi connectivity index (χ1n) is 4.26. The second kappa shape index (κ2) is 5.43. The molecule has 0 amide bonds. The van der Waals surface area contributed by atoms with E-state index < -0.39 is 0 Å². The number of hydrogen-bond acceptors (Lipinski definition) is 3. The summed E-state index contributed by atoms with van der Waals surface area (Å²) in [6.07, 6.45) is 4.51. The van der Waals surface area contributed by atoms with Gasteiger partial charge in [0.05, 0.1) is 6.54 Å². The summed E-state index contributed by atoms with van der Waals surface area (Å²) in [6, 6.07) is 5.85. The van der Waals surface area contributed by atoms with Gasteiger partial charge in [-0.15, -0.1) is 0 Å². The molecule has 3 heteroatoms. The van der Waals surface area contributed by atoms with Gasteiger partial charge in [0.2, 0.25) is 6.29 Å². The van der Waals surface area contributed by atoms with Crippen LogP contribution in [0.25, 0.3) is 0 Å². The van der Waals surface area contributed by atoms with Crippen molar-refractivity contribution in [3.8, 4) is 0 Å². The molecular formula is C10H13N2O. The van der Waals surface area contributed by atoms with Gasteiger partial charge in [0.25, 0.3) is 0 Å². The third-order valence-corrected chi connectivity index (χ3v) is 1.81. The van der Waals surface area contributed by atoms with E-state index >= 15 is 0 Å². The number of pyridine rings is 1. The Hall–Kier alpha value is -1.22. The van der Waals surface area contributed by atoms with Crippen molar-refractivity contribution < 1.29 is 4.79 Å². The zero-order chi connectivity index (χ0) is 9.52. The van der Waals surface area contributed by atoms with Crippen LogP contribution in [0.2, 0.25) is 0 Å². The van der Waals surface area contributed by atoms with Crippen LogP contribution in [0.1, 0.15) is 5.69 Å². The molecule has 0 aliphatic carbocycles. The molecule has 0 aromatic carbocycles. The molecule has 3 nitrogen and oxygen atoms in total. The normalized spacial score (nSPS) is 10.3. The van der Waals surface area contributed by atoms with Gasteiger partial charge in [0, 0.05) is 24.9 Å². The molecule has 0 bridgehead atoms. The molecule has 0 fully saturated rings. The highest BCUT2D eigenvalue weighted by Gasteiger charge is 1.98. The van der Waals surface area contributed by atoms with E-state index in [4.69, 9.17) is 0 Å². The third-order valence-electron chi connectivity index (χ3n) is 1.81. The highest BCUT2D eigenvalue weighted by atomic mass is 16.1. The molecule has 0 saturated heterocycles. The van der Waals surface area contributed by atoms with Gasteiger partial charge in [-0.05, 0) is 19.2 Å². The zero-order valence-corrected chi connectivity index (χ0v) is 7.73.